The largest absolute Gasteiger partial charge is 0.385 e. The number of carbonyl (C=O) groups is 2. The Morgan fingerprint density at radius 1 is 1.38 bits per heavy atom. The highest BCUT2D eigenvalue weighted by Gasteiger charge is 2.40. The molecular weight excluding hydrogens is 308 g/mol. The van der Waals surface area contributed by atoms with Crippen LogP contribution in [0.4, 0.5) is 0 Å². The molecule has 6 heteroatoms. The van der Waals surface area contributed by atoms with Crippen molar-refractivity contribution in [3.63, 3.8) is 0 Å². The van der Waals surface area contributed by atoms with Crippen LogP contribution < -0.4 is 5.32 Å². The number of carbonyl (C=O) groups excluding carboxylic acids is 2. The summed E-state index contributed by atoms with van der Waals surface area (Å²) in [6.07, 6.45) is 3.87. The van der Waals surface area contributed by atoms with E-state index in [0.29, 0.717) is 31.6 Å². The van der Waals surface area contributed by atoms with Gasteiger partial charge in [0.15, 0.2) is 0 Å². The van der Waals surface area contributed by atoms with Gasteiger partial charge in [0.1, 0.15) is 0 Å². The number of hydroxylamine groups is 2. The summed E-state index contributed by atoms with van der Waals surface area (Å²) in [6.45, 7) is 1.46. The lowest BCUT2D eigenvalue weighted by atomic mass is 9.71. The number of rotatable bonds is 5. The van der Waals surface area contributed by atoms with E-state index < -0.39 is 5.91 Å². The van der Waals surface area contributed by atoms with Gasteiger partial charge in [-0.25, -0.2) is 5.06 Å². The predicted octanol–water partition coefficient (Wildman–Crippen LogP) is 1.55. The molecule has 1 aliphatic carbocycles. The van der Waals surface area contributed by atoms with Crippen LogP contribution in [-0.2, 0) is 22.4 Å². The molecule has 0 saturated carbocycles. The summed E-state index contributed by atoms with van der Waals surface area (Å²) in [4.78, 5) is 24.0. The van der Waals surface area contributed by atoms with Crippen LogP contribution in [-0.4, -0.2) is 48.9 Å². The van der Waals surface area contributed by atoms with Gasteiger partial charge in [-0.3, -0.25) is 14.8 Å². The van der Waals surface area contributed by atoms with Crippen LogP contribution in [0.15, 0.2) is 18.2 Å². The van der Waals surface area contributed by atoms with E-state index in [1.807, 2.05) is 12.1 Å². The fourth-order valence-electron chi connectivity index (χ4n) is 3.72. The van der Waals surface area contributed by atoms with Crippen molar-refractivity contribution in [2.75, 3.05) is 26.8 Å². The Morgan fingerprint density at radius 2 is 2.21 bits per heavy atom. The molecule has 6 nitrogen and oxygen atoms in total. The van der Waals surface area contributed by atoms with Crippen molar-refractivity contribution < 1.29 is 19.5 Å². The molecule has 1 aromatic rings. The summed E-state index contributed by atoms with van der Waals surface area (Å²) in [5, 5.41) is 13.6. The average molecular weight is 332 g/mol. The second-order valence-electron chi connectivity index (χ2n) is 6.89. The zero-order chi connectivity index (χ0) is 17.2. The lowest BCUT2D eigenvalue weighted by Crippen LogP contribution is -2.32. The highest BCUT2D eigenvalue weighted by Crippen LogP contribution is 2.40. The monoisotopic (exact) mass is 332 g/mol. The highest BCUT2D eigenvalue weighted by molar-refractivity contribution is 5.93. The summed E-state index contributed by atoms with van der Waals surface area (Å²) in [7, 11) is 1.59. The predicted molar refractivity (Wildman–Crippen MR) is 87.8 cm³/mol. The van der Waals surface area contributed by atoms with E-state index in [9.17, 15) is 14.8 Å². The molecule has 2 N–H and O–H groups in total. The maximum Gasteiger partial charge on any atom is 0.277 e. The average Bonchev–Trinajstić information content (AvgIpc) is 2.93. The molecule has 24 heavy (non-hydrogen) atoms. The topological polar surface area (TPSA) is 78.9 Å². The molecule has 1 heterocycles. The lowest BCUT2D eigenvalue weighted by molar-refractivity contribution is -0.119. The number of fused-ring (bicyclic) bond motifs is 1. The van der Waals surface area contributed by atoms with Crippen molar-refractivity contribution in [2.45, 2.75) is 32.1 Å². The molecule has 1 saturated heterocycles. The summed E-state index contributed by atoms with van der Waals surface area (Å²) in [5.41, 5.74) is 2.83. The summed E-state index contributed by atoms with van der Waals surface area (Å²) in [6, 6.07) is 5.63. The Kier molecular flexibility index (Phi) is 4.87. The van der Waals surface area contributed by atoms with Crippen LogP contribution in [0.1, 0.15) is 40.7 Å². The first-order chi connectivity index (χ1) is 11.5. The fourth-order valence-corrected chi connectivity index (χ4v) is 3.72. The first-order valence-corrected chi connectivity index (χ1v) is 8.41. The molecule has 1 fully saturated rings. The first-order valence-electron chi connectivity index (χ1n) is 8.41. The number of benzene rings is 1. The number of amides is 2. The van der Waals surface area contributed by atoms with E-state index in [1.54, 1.807) is 13.2 Å². The summed E-state index contributed by atoms with van der Waals surface area (Å²) in [5.74, 6) is -0.278. The van der Waals surface area contributed by atoms with Crippen LogP contribution in [0.3, 0.4) is 0 Å². The van der Waals surface area contributed by atoms with Crippen molar-refractivity contribution >= 4 is 11.8 Å². The number of ether oxygens (including phenoxy) is 1. The quantitative estimate of drug-likeness (QED) is 0.487. The summed E-state index contributed by atoms with van der Waals surface area (Å²) >= 11 is 0. The van der Waals surface area contributed by atoms with Crippen molar-refractivity contribution in [3.05, 3.63) is 34.9 Å². The smallest absolute Gasteiger partial charge is 0.277 e. The maximum absolute atomic E-state index is 12.4. The third kappa shape index (κ3) is 3.44. The van der Waals surface area contributed by atoms with E-state index in [0.717, 1.165) is 29.9 Å². The van der Waals surface area contributed by atoms with E-state index in [2.05, 4.69) is 5.32 Å². The van der Waals surface area contributed by atoms with Crippen molar-refractivity contribution in [1.82, 2.24) is 10.4 Å². The zero-order valence-corrected chi connectivity index (χ0v) is 14.0. The summed E-state index contributed by atoms with van der Waals surface area (Å²) < 4.78 is 4.93. The third-order valence-corrected chi connectivity index (χ3v) is 5.09. The number of aryl methyl sites for hydroxylation is 1. The molecule has 2 amide bonds. The van der Waals surface area contributed by atoms with Crippen LogP contribution in [0.25, 0.3) is 0 Å². The Bertz CT molecular complexity index is 646. The number of nitrogens with zero attached hydrogens (tertiary/aromatic N) is 1. The second-order valence-corrected chi connectivity index (χ2v) is 6.89. The Hall–Kier alpha value is -1.92. The normalized spacial score (nSPS) is 22.3. The molecule has 0 radical (unpaired) electrons. The number of nitrogens with one attached hydrogen (secondary N) is 1. The van der Waals surface area contributed by atoms with Gasteiger partial charge in [0.05, 0.1) is 6.54 Å². The van der Waals surface area contributed by atoms with Crippen molar-refractivity contribution in [3.8, 4) is 0 Å². The Morgan fingerprint density at radius 3 is 2.92 bits per heavy atom. The fraction of sp³-hybridized carbons (Fsp3) is 0.556. The maximum atomic E-state index is 12.4. The molecule has 1 aliphatic heterocycles. The second kappa shape index (κ2) is 6.91. The number of hydrogen-bond donors (Lipinski definition) is 2. The van der Waals surface area contributed by atoms with Gasteiger partial charge >= 0.3 is 0 Å². The van der Waals surface area contributed by atoms with Gasteiger partial charge in [-0.2, -0.15) is 0 Å². The molecule has 1 spiro atoms. The van der Waals surface area contributed by atoms with Gasteiger partial charge in [0, 0.05) is 37.7 Å². The number of hydrogen-bond acceptors (Lipinski definition) is 4. The van der Waals surface area contributed by atoms with Crippen LogP contribution in [0, 0.1) is 5.41 Å². The standard InChI is InChI=1S/C18H24N2O4/c1-24-8-2-7-20(23)17(22)14-4-3-13-5-6-18(10-15(13)9-14)11-16(21)19-12-18/h3-4,9,23H,2,5-8,10-12H2,1H3,(H,19,21)/t18-/m0/s1. The van der Waals surface area contributed by atoms with Gasteiger partial charge in [0.25, 0.3) is 5.91 Å². The van der Waals surface area contributed by atoms with Crippen LogP contribution in [0.2, 0.25) is 0 Å². The van der Waals surface area contributed by atoms with Gasteiger partial charge in [0.2, 0.25) is 5.91 Å². The SMILES string of the molecule is COCCCN(O)C(=O)c1ccc2c(c1)C[C@]1(CC2)CNC(=O)C1. The lowest BCUT2D eigenvalue weighted by Gasteiger charge is -2.33. The molecule has 0 aromatic heterocycles. The minimum Gasteiger partial charge on any atom is -0.385 e. The molecule has 1 aromatic carbocycles. The van der Waals surface area contributed by atoms with Crippen LogP contribution in [0.5, 0.6) is 0 Å². The third-order valence-electron chi connectivity index (χ3n) is 5.09. The molecule has 2 aliphatic rings. The van der Waals surface area contributed by atoms with Gasteiger partial charge in [-0.15, -0.1) is 0 Å². The van der Waals surface area contributed by atoms with Gasteiger partial charge < -0.3 is 10.1 Å². The first kappa shape index (κ1) is 16.9. The minimum absolute atomic E-state index is 0.0108. The Labute approximate surface area is 141 Å². The van der Waals surface area contributed by atoms with Crippen molar-refractivity contribution in [2.24, 2.45) is 5.41 Å². The van der Waals surface area contributed by atoms with Gasteiger partial charge in [-0.05, 0) is 48.9 Å². The molecular formula is C18H24N2O4. The molecule has 130 valence electrons. The van der Waals surface area contributed by atoms with Crippen molar-refractivity contribution in [1.29, 1.82) is 0 Å². The molecule has 0 bridgehead atoms. The zero-order valence-electron chi connectivity index (χ0n) is 14.0. The minimum atomic E-state index is -0.394. The van der Waals surface area contributed by atoms with E-state index in [4.69, 9.17) is 4.74 Å². The van der Waals surface area contributed by atoms with Crippen LogP contribution >= 0.6 is 0 Å². The van der Waals surface area contributed by atoms with E-state index >= 15 is 0 Å². The van der Waals surface area contributed by atoms with E-state index in [-0.39, 0.29) is 17.9 Å². The van der Waals surface area contributed by atoms with E-state index in [1.165, 1.54) is 5.56 Å². The molecule has 3 rings (SSSR count). The van der Waals surface area contributed by atoms with Gasteiger partial charge in [-0.1, -0.05) is 6.07 Å². The highest BCUT2D eigenvalue weighted by atomic mass is 16.5. The molecule has 1 atom stereocenters. The number of methoxy groups -OCH3 is 1. The Balaban J connectivity index is 1.73. The molecule has 0 unspecified atom stereocenters.